The Labute approximate surface area is 153 Å². The van der Waals surface area contributed by atoms with Gasteiger partial charge in [-0.3, -0.25) is 4.79 Å². The zero-order chi connectivity index (χ0) is 18.3. The van der Waals surface area contributed by atoms with Gasteiger partial charge in [0.25, 0.3) is 5.91 Å². The summed E-state index contributed by atoms with van der Waals surface area (Å²) in [4.78, 5) is 12.4. The van der Waals surface area contributed by atoms with E-state index in [-0.39, 0.29) is 10.8 Å². The van der Waals surface area contributed by atoms with Crippen LogP contribution in [0, 0.1) is 0 Å². The van der Waals surface area contributed by atoms with Crippen LogP contribution in [-0.4, -0.2) is 20.9 Å². The molecule has 0 saturated carbocycles. The number of benzene rings is 2. The van der Waals surface area contributed by atoms with E-state index in [1.54, 1.807) is 24.3 Å². The predicted molar refractivity (Wildman–Crippen MR) is 101 cm³/mol. The SMILES string of the molecule is CCCCCNS(=O)(=O)c1ccc(C(=O)Nc2cccc(Cl)c2)cc1. The standard InChI is InChI=1S/C18H21ClN2O3S/c1-2-3-4-12-20-25(23,24)17-10-8-14(9-11-17)18(22)21-16-7-5-6-15(19)13-16/h5-11,13,20H,2-4,12H2,1H3,(H,21,22). The molecule has 0 aliphatic carbocycles. The van der Waals surface area contributed by atoms with Gasteiger partial charge in [0.15, 0.2) is 0 Å². The van der Waals surface area contributed by atoms with Crippen molar-refractivity contribution in [1.29, 1.82) is 0 Å². The van der Waals surface area contributed by atoms with Crippen molar-refractivity contribution in [3.63, 3.8) is 0 Å². The summed E-state index contributed by atoms with van der Waals surface area (Å²) in [5.74, 6) is -0.331. The Hall–Kier alpha value is -1.89. The molecular weight excluding hydrogens is 360 g/mol. The molecule has 5 nitrogen and oxygen atoms in total. The first-order valence-electron chi connectivity index (χ1n) is 8.09. The van der Waals surface area contributed by atoms with E-state index in [2.05, 4.69) is 17.0 Å². The summed E-state index contributed by atoms with van der Waals surface area (Å²) in [5, 5.41) is 3.24. The first-order chi connectivity index (χ1) is 11.9. The number of unbranched alkanes of at least 4 members (excludes halogenated alkanes) is 2. The lowest BCUT2D eigenvalue weighted by molar-refractivity contribution is 0.102. The zero-order valence-electron chi connectivity index (χ0n) is 14.0. The summed E-state index contributed by atoms with van der Waals surface area (Å²) in [6.07, 6.45) is 2.80. The highest BCUT2D eigenvalue weighted by molar-refractivity contribution is 7.89. The fraction of sp³-hybridized carbons (Fsp3) is 0.278. The summed E-state index contributed by atoms with van der Waals surface area (Å²) in [6, 6.07) is 12.6. The molecule has 2 aromatic carbocycles. The number of carbonyl (C=O) groups excluding carboxylic acids is 1. The van der Waals surface area contributed by atoms with Gasteiger partial charge in [0, 0.05) is 22.8 Å². The molecule has 2 aromatic rings. The van der Waals surface area contributed by atoms with E-state index in [9.17, 15) is 13.2 Å². The van der Waals surface area contributed by atoms with Crippen LogP contribution in [0.4, 0.5) is 5.69 Å². The fourth-order valence-corrected chi connectivity index (χ4v) is 3.48. The summed E-state index contributed by atoms with van der Waals surface area (Å²) >= 11 is 5.88. The van der Waals surface area contributed by atoms with Gasteiger partial charge in [-0.15, -0.1) is 0 Å². The van der Waals surface area contributed by atoms with Crippen LogP contribution in [-0.2, 0) is 10.0 Å². The largest absolute Gasteiger partial charge is 0.322 e. The Morgan fingerprint density at radius 3 is 2.44 bits per heavy atom. The van der Waals surface area contributed by atoms with Crippen LogP contribution >= 0.6 is 11.6 Å². The zero-order valence-corrected chi connectivity index (χ0v) is 15.5. The predicted octanol–water partition coefficient (Wildman–Crippen LogP) is 4.06. The maximum absolute atomic E-state index is 12.2. The van der Waals surface area contributed by atoms with Gasteiger partial charge in [0.2, 0.25) is 10.0 Å². The van der Waals surface area contributed by atoms with Crippen LogP contribution in [0.5, 0.6) is 0 Å². The number of amides is 1. The van der Waals surface area contributed by atoms with Crippen molar-refractivity contribution < 1.29 is 13.2 Å². The lowest BCUT2D eigenvalue weighted by Gasteiger charge is -2.08. The Kier molecular flexibility index (Phi) is 6.99. The monoisotopic (exact) mass is 380 g/mol. The second-order valence-electron chi connectivity index (χ2n) is 5.59. The number of rotatable bonds is 8. The highest BCUT2D eigenvalue weighted by Gasteiger charge is 2.14. The van der Waals surface area contributed by atoms with Gasteiger partial charge in [-0.05, 0) is 48.9 Å². The Bertz CT molecular complexity index is 820. The molecule has 1 amide bonds. The Balaban J connectivity index is 2.02. The Morgan fingerprint density at radius 1 is 1.08 bits per heavy atom. The first kappa shape index (κ1) is 19.4. The molecule has 0 atom stereocenters. The molecule has 0 unspecified atom stereocenters. The van der Waals surface area contributed by atoms with E-state index in [1.807, 2.05) is 0 Å². The molecule has 0 radical (unpaired) electrons. The summed E-state index contributed by atoms with van der Waals surface area (Å²) in [7, 11) is -3.55. The van der Waals surface area contributed by atoms with Gasteiger partial charge in [0.05, 0.1) is 4.90 Å². The van der Waals surface area contributed by atoms with Crippen LogP contribution < -0.4 is 10.0 Å². The molecule has 0 bridgehead atoms. The lowest BCUT2D eigenvalue weighted by atomic mass is 10.2. The molecule has 25 heavy (non-hydrogen) atoms. The van der Waals surface area contributed by atoms with E-state index in [1.165, 1.54) is 24.3 Å². The summed E-state index contributed by atoms with van der Waals surface area (Å²) < 4.78 is 26.9. The number of nitrogens with one attached hydrogen (secondary N) is 2. The third kappa shape index (κ3) is 5.85. The number of hydrogen-bond donors (Lipinski definition) is 2. The highest BCUT2D eigenvalue weighted by atomic mass is 35.5. The molecule has 134 valence electrons. The van der Waals surface area contributed by atoms with Gasteiger partial charge in [-0.2, -0.15) is 0 Å². The smallest absolute Gasteiger partial charge is 0.255 e. The van der Waals surface area contributed by atoms with Crippen molar-refractivity contribution in [2.45, 2.75) is 31.1 Å². The van der Waals surface area contributed by atoms with Crippen molar-refractivity contribution in [2.24, 2.45) is 0 Å². The number of anilines is 1. The van der Waals surface area contributed by atoms with Crippen LogP contribution in [0.15, 0.2) is 53.4 Å². The number of hydrogen-bond acceptors (Lipinski definition) is 3. The van der Waals surface area contributed by atoms with Gasteiger partial charge in [-0.1, -0.05) is 37.4 Å². The van der Waals surface area contributed by atoms with Crippen molar-refractivity contribution in [3.8, 4) is 0 Å². The van der Waals surface area contributed by atoms with Gasteiger partial charge >= 0.3 is 0 Å². The maximum Gasteiger partial charge on any atom is 0.255 e. The normalized spacial score (nSPS) is 11.3. The molecular formula is C18H21ClN2O3S. The van der Waals surface area contributed by atoms with Crippen LogP contribution in [0.3, 0.4) is 0 Å². The van der Waals surface area contributed by atoms with Crippen LogP contribution in [0.1, 0.15) is 36.5 Å². The van der Waals surface area contributed by atoms with Crippen molar-refractivity contribution in [2.75, 3.05) is 11.9 Å². The number of halogens is 1. The van der Waals surface area contributed by atoms with E-state index in [0.717, 1.165) is 19.3 Å². The molecule has 7 heteroatoms. The van der Waals surface area contributed by atoms with Crippen molar-refractivity contribution in [3.05, 3.63) is 59.1 Å². The van der Waals surface area contributed by atoms with Gasteiger partial charge in [-0.25, -0.2) is 13.1 Å². The van der Waals surface area contributed by atoms with Crippen molar-refractivity contribution in [1.82, 2.24) is 4.72 Å². The highest BCUT2D eigenvalue weighted by Crippen LogP contribution is 2.17. The summed E-state index contributed by atoms with van der Waals surface area (Å²) in [6.45, 7) is 2.47. The molecule has 0 spiro atoms. The summed E-state index contributed by atoms with van der Waals surface area (Å²) in [5.41, 5.74) is 0.941. The molecule has 2 N–H and O–H groups in total. The average molecular weight is 381 g/mol. The average Bonchev–Trinajstić information content (AvgIpc) is 2.59. The Morgan fingerprint density at radius 2 is 1.80 bits per heavy atom. The van der Waals surface area contributed by atoms with Crippen molar-refractivity contribution >= 4 is 33.2 Å². The minimum atomic E-state index is -3.55. The first-order valence-corrected chi connectivity index (χ1v) is 9.95. The molecule has 0 aliphatic heterocycles. The molecule has 0 aliphatic rings. The van der Waals surface area contributed by atoms with E-state index < -0.39 is 10.0 Å². The van der Waals surface area contributed by atoms with E-state index in [0.29, 0.717) is 22.8 Å². The second-order valence-corrected chi connectivity index (χ2v) is 7.80. The topological polar surface area (TPSA) is 75.3 Å². The quantitative estimate of drug-likeness (QED) is 0.678. The number of sulfonamides is 1. The van der Waals surface area contributed by atoms with E-state index in [4.69, 9.17) is 11.6 Å². The third-order valence-electron chi connectivity index (χ3n) is 3.58. The third-order valence-corrected chi connectivity index (χ3v) is 5.29. The van der Waals surface area contributed by atoms with Crippen LogP contribution in [0.25, 0.3) is 0 Å². The minimum absolute atomic E-state index is 0.142. The van der Waals surface area contributed by atoms with Crippen LogP contribution in [0.2, 0.25) is 5.02 Å². The van der Waals surface area contributed by atoms with E-state index >= 15 is 0 Å². The number of carbonyl (C=O) groups is 1. The fourth-order valence-electron chi connectivity index (χ4n) is 2.22. The second kappa shape index (κ2) is 8.99. The van der Waals surface area contributed by atoms with Gasteiger partial charge < -0.3 is 5.32 Å². The molecule has 0 saturated heterocycles. The molecule has 2 rings (SSSR count). The molecule has 0 aromatic heterocycles. The lowest BCUT2D eigenvalue weighted by Crippen LogP contribution is -2.24. The molecule has 0 fully saturated rings. The van der Waals surface area contributed by atoms with Gasteiger partial charge in [0.1, 0.15) is 0 Å². The minimum Gasteiger partial charge on any atom is -0.322 e. The molecule has 0 heterocycles. The maximum atomic E-state index is 12.2.